The van der Waals surface area contributed by atoms with E-state index in [1.165, 1.54) is 13.3 Å². The van der Waals surface area contributed by atoms with Crippen LogP contribution in [-0.4, -0.2) is 30.8 Å². The van der Waals surface area contributed by atoms with Crippen LogP contribution in [0.1, 0.15) is 20.8 Å². The molecule has 0 unspecified atom stereocenters. The molecule has 2 heterocycles. The highest BCUT2D eigenvalue weighted by atomic mass is 16.7. The molecule has 146 valence electrons. The first-order valence-electron chi connectivity index (χ1n) is 8.75. The lowest BCUT2D eigenvalue weighted by atomic mass is 10.1. The number of methoxy groups -OCH3 is 1. The zero-order chi connectivity index (χ0) is 20.2. The summed E-state index contributed by atoms with van der Waals surface area (Å²) in [6.07, 6.45) is 1.52. The van der Waals surface area contributed by atoms with Gasteiger partial charge in [0, 0.05) is 23.6 Å². The standard InChI is InChI=1S/C21H17N3O5/c1-27-21(26)15-4-2-3-5-16(15)24-20(25)17-10-14(8-9-22-17)23-13-6-7-18-19(11-13)29-12-28-18/h2-11H,12H2,1H3,(H,22,23)(H,24,25). The second kappa shape index (κ2) is 7.89. The number of nitrogens with one attached hydrogen (secondary N) is 2. The number of benzene rings is 2. The van der Waals surface area contributed by atoms with E-state index in [1.807, 2.05) is 18.2 Å². The summed E-state index contributed by atoms with van der Waals surface area (Å²) in [4.78, 5) is 28.6. The zero-order valence-corrected chi connectivity index (χ0v) is 15.5. The normalized spacial score (nSPS) is 11.6. The van der Waals surface area contributed by atoms with Crippen molar-refractivity contribution in [3.63, 3.8) is 0 Å². The number of rotatable bonds is 5. The van der Waals surface area contributed by atoms with Gasteiger partial charge in [-0.1, -0.05) is 12.1 Å². The highest BCUT2D eigenvalue weighted by Crippen LogP contribution is 2.35. The summed E-state index contributed by atoms with van der Waals surface area (Å²) in [7, 11) is 1.29. The number of hydrogen-bond donors (Lipinski definition) is 2. The molecule has 0 fully saturated rings. The van der Waals surface area contributed by atoms with Gasteiger partial charge in [0.15, 0.2) is 11.5 Å². The van der Waals surface area contributed by atoms with Crippen molar-refractivity contribution in [3.05, 3.63) is 72.1 Å². The summed E-state index contributed by atoms with van der Waals surface area (Å²) in [5, 5.41) is 5.90. The molecule has 8 heteroatoms. The SMILES string of the molecule is COC(=O)c1ccccc1NC(=O)c1cc(Nc2ccc3c(c2)OCO3)ccn1. The van der Waals surface area contributed by atoms with Crippen molar-refractivity contribution in [2.75, 3.05) is 24.5 Å². The minimum Gasteiger partial charge on any atom is -0.465 e. The van der Waals surface area contributed by atoms with Crippen molar-refractivity contribution in [3.8, 4) is 11.5 Å². The maximum atomic E-state index is 12.6. The van der Waals surface area contributed by atoms with E-state index in [0.29, 0.717) is 22.9 Å². The first-order valence-corrected chi connectivity index (χ1v) is 8.75. The van der Waals surface area contributed by atoms with Crippen LogP contribution in [0.5, 0.6) is 11.5 Å². The number of carbonyl (C=O) groups excluding carboxylic acids is 2. The third kappa shape index (κ3) is 3.96. The second-order valence-electron chi connectivity index (χ2n) is 6.11. The lowest BCUT2D eigenvalue weighted by molar-refractivity contribution is 0.0602. The molecule has 1 amide bonds. The molecule has 3 aromatic rings. The summed E-state index contributed by atoms with van der Waals surface area (Å²) in [5.74, 6) is 0.360. The van der Waals surface area contributed by atoms with Gasteiger partial charge in [-0.25, -0.2) is 4.79 Å². The van der Waals surface area contributed by atoms with Crippen LogP contribution in [0, 0.1) is 0 Å². The Hall–Kier alpha value is -4.07. The number of nitrogens with zero attached hydrogens (tertiary/aromatic N) is 1. The average Bonchev–Trinajstić information content (AvgIpc) is 3.21. The van der Waals surface area contributed by atoms with Crippen LogP contribution < -0.4 is 20.1 Å². The maximum Gasteiger partial charge on any atom is 0.339 e. The largest absolute Gasteiger partial charge is 0.465 e. The molecule has 1 aromatic heterocycles. The van der Waals surface area contributed by atoms with Crippen molar-refractivity contribution >= 4 is 28.9 Å². The Kier molecular flexibility index (Phi) is 4.98. The molecule has 0 saturated carbocycles. The third-order valence-corrected chi connectivity index (χ3v) is 4.23. The van der Waals surface area contributed by atoms with E-state index in [1.54, 1.807) is 36.4 Å². The third-order valence-electron chi connectivity index (χ3n) is 4.23. The van der Waals surface area contributed by atoms with Gasteiger partial charge >= 0.3 is 5.97 Å². The molecule has 4 rings (SSSR count). The average molecular weight is 391 g/mol. The molecule has 0 bridgehead atoms. The van der Waals surface area contributed by atoms with Crippen molar-refractivity contribution in [1.82, 2.24) is 4.98 Å². The quantitative estimate of drug-likeness (QED) is 0.641. The number of esters is 1. The van der Waals surface area contributed by atoms with Crippen LogP contribution in [0.25, 0.3) is 0 Å². The Bertz CT molecular complexity index is 1080. The summed E-state index contributed by atoms with van der Waals surface area (Å²) >= 11 is 0. The van der Waals surface area contributed by atoms with Crippen LogP contribution >= 0.6 is 0 Å². The fraction of sp³-hybridized carbons (Fsp3) is 0.0952. The van der Waals surface area contributed by atoms with Gasteiger partial charge in [-0.15, -0.1) is 0 Å². The molecule has 2 aromatic carbocycles. The summed E-state index contributed by atoms with van der Waals surface area (Å²) in [5.41, 5.74) is 2.25. The van der Waals surface area contributed by atoms with Gasteiger partial charge in [0.2, 0.25) is 6.79 Å². The molecule has 2 N–H and O–H groups in total. The van der Waals surface area contributed by atoms with Gasteiger partial charge in [-0.05, 0) is 36.4 Å². The Morgan fingerprint density at radius 3 is 2.66 bits per heavy atom. The van der Waals surface area contributed by atoms with Crippen LogP contribution in [0.2, 0.25) is 0 Å². The van der Waals surface area contributed by atoms with Crippen molar-refractivity contribution in [2.45, 2.75) is 0 Å². The van der Waals surface area contributed by atoms with Gasteiger partial charge in [-0.3, -0.25) is 9.78 Å². The summed E-state index contributed by atoms with van der Waals surface area (Å²) < 4.78 is 15.4. The molecule has 1 aliphatic rings. The van der Waals surface area contributed by atoms with E-state index in [0.717, 1.165) is 5.69 Å². The monoisotopic (exact) mass is 391 g/mol. The minimum atomic E-state index is -0.535. The Balaban J connectivity index is 1.52. The minimum absolute atomic E-state index is 0.190. The topological polar surface area (TPSA) is 98.8 Å². The summed E-state index contributed by atoms with van der Waals surface area (Å²) in [6, 6.07) is 15.4. The maximum absolute atomic E-state index is 12.6. The fourth-order valence-electron chi connectivity index (χ4n) is 2.84. The molecular weight excluding hydrogens is 374 g/mol. The number of aromatic nitrogens is 1. The lowest BCUT2D eigenvalue weighted by Crippen LogP contribution is -2.16. The van der Waals surface area contributed by atoms with Crippen molar-refractivity contribution in [2.24, 2.45) is 0 Å². The van der Waals surface area contributed by atoms with Crippen LogP contribution in [0.4, 0.5) is 17.1 Å². The Morgan fingerprint density at radius 1 is 1.00 bits per heavy atom. The van der Waals surface area contributed by atoms with E-state index in [4.69, 9.17) is 14.2 Å². The zero-order valence-electron chi connectivity index (χ0n) is 15.5. The first-order chi connectivity index (χ1) is 14.1. The molecule has 0 saturated heterocycles. The van der Waals surface area contributed by atoms with E-state index in [-0.39, 0.29) is 18.1 Å². The molecule has 0 spiro atoms. The molecule has 1 aliphatic heterocycles. The number of carbonyl (C=O) groups is 2. The van der Waals surface area contributed by atoms with Crippen molar-refractivity contribution in [1.29, 1.82) is 0 Å². The second-order valence-corrected chi connectivity index (χ2v) is 6.11. The number of pyridine rings is 1. The van der Waals surface area contributed by atoms with Gasteiger partial charge in [0.1, 0.15) is 5.69 Å². The van der Waals surface area contributed by atoms with E-state index >= 15 is 0 Å². The first kappa shape index (κ1) is 18.3. The predicted molar refractivity (Wildman–Crippen MR) is 106 cm³/mol. The molecule has 0 atom stereocenters. The van der Waals surface area contributed by atoms with Crippen LogP contribution in [0.3, 0.4) is 0 Å². The highest BCUT2D eigenvalue weighted by Gasteiger charge is 2.16. The number of para-hydroxylation sites is 1. The van der Waals surface area contributed by atoms with Crippen LogP contribution in [-0.2, 0) is 4.74 Å². The number of hydrogen-bond acceptors (Lipinski definition) is 7. The van der Waals surface area contributed by atoms with Gasteiger partial charge in [0.05, 0.1) is 18.4 Å². The molecular formula is C21H17N3O5. The van der Waals surface area contributed by atoms with E-state index < -0.39 is 11.9 Å². The Morgan fingerprint density at radius 2 is 1.79 bits per heavy atom. The van der Waals surface area contributed by atoms with Gasteiger partial charge < -0.3 is 24.8 Å². The lowest BCUT2D eigenvalue weighted by Gasteiger charge is -2.11. The summed E-state index contributed by atoms with van der Waals surface area (Å²) in [6.45, 7) is 0.200. The number of fused-ring (bicyclic) bond motifs is 1. The molecule has 29 heavy (non-hydrogen) atoms. The smallest absolute Gasteiger partial charge is 0.339 e. The number of anilines is 3. The number of ether oxygens (including phenoxy) is 3. The van der Waals surface area contributed by atoms with Gasteiger partial charge in [0.25, 0.3) is 5.91 Å². The predicted octanol–water partition coefficient (Wildman–Crippen LogP) is 3.59. The van der Waals surface area contributed by atoms with Gasteiger partial charge in [-0.2, -0.15) is 0 Å². The molecule has 0 aliphatic carbocycles. The number of amides is 1. The molecule has 0 radical (unpaired) electrons. The fourth-order valence-corrected chi connectivity index (χ4v) is 2.84. The highest BCUT2D eigenvalue weighted by molar-refractivity contribution is 6.07. The molecule has 8 nitrogen and oxygen atoms in total. The van der Waals surface area contributed by atoms with E-state index in [2.05, 4.69) is 15.6 Å². The van der Waals surface area contributed by atoms with E-state index in [9.17, 15) is 9.59 Å². The van der Waals surface area contributed by atoms with Crippen molar-refractivity contribution < 1.29 is 23.8 Å². The van der Waals surface area contributed by atoms with Crippen LogP contribution in [0.15, 0.2) is 60.8 Å². The Labute approximate surface area is 166 Å².